The summed E-state index contributed by atoms with van der Waals surface area (Å²) in [5.74, 6) is 0. The fourth-order valence-electron chi connectivity index (χ4n) is 1.71. The molecule has 0 saturated carbocycles. The van der Waals surface area contributed by atoms with Gasteiger partial charge in [0.05, 0.1) is 4.92 Å². The van der Waals surface area contributed by atoms with Crippen LogP contribution in [0.15, 0.2) is 42.7 Å². The summed E-state index contributed by atoms with van der Waals surface area (Å²) in [5.41, 5.74) is 1.78. The van der Waals surface area contributed by atoms with Crippen molar-refractivity contribution in [3.05, 3.63) is 64.0 Å². The number of aldehydes is 1. The summed E-state index contributed by atoms with van der Waals surface area (Å²) in [6, 6.07) is 8.26. The molecule has 0 unspecified atom stereocenters. The van der Waals surface area contributed by atoms with E-state index in [2.05, 4.69) is 0 Å². The van der Waals surface area contributed by atoms with Crippen molar-refractivity contribution in [1.29, 1.82) is 0 Å². The summed E-state index contributed by atoms with van der Waals surface area (Å²) < 4.78 is 1.92. The Balaban J connectivity index is 1.97. The molecule has 18 heavy (non-hydrogen) atoms. The van der Waals surface area contributed by atoms with Crippen LogP contribution in [-0.4, -0.2) is 15.8 Å². The highest BCUT2D eigenvalue weighted by Gasteiger charge is 2.03. The van der Waals surface area contributed by atoms with Crippen LogP contribution in [0.1, 0.15) is 15.9 Å². The highest BCUT2D eigenvalue weighted by molar-refractivity contribution is 5.74. The van der Waals surface area contributed by atoms with Crippen molar-refractivity contribution in [3.8, 4) is 0 Å². The number of aromatic nitrogens is 1. The van der Waals surface area contributed by atoms with E-state index in [1.54, 1.807) is 24.4 Å². The lowest BCUT2D eigenvalue weighted by Crippen LogP contribution is -1.98. The van der Waals surface area contributed by atoms with E-state index in [4.69, 9.17) is 0 Å². The van der Waals surface area contributed by atoms with Gasteiger partial charge in [0.25, 0.3) is 5.69 Å². The van der Waals surface area contributed by atoms with E-state index < -0.39 is 4.92 Å². The van der Waals surface area contributed by atoms with Crippen molar-refractivity contribution in [1.82, 2.24) is 4.57 Å². The van der Waals surface area contributed by atoms with Crippen molar-refractivity contribution >= 4 is 12.0 Å². The molecule has 2 aromatic rings. The van der Waals surface area contributed by atoms with E-state index in [1.165, 1.54) is 12.1 Å². The molecule has 5 heteroatoms. The number of carbonyl (C=O) groups is 1. The molecule has 0 atom stereocenters. The molecule has 0 fully saturated rings. The van der Waals surface area contributed by atoms with Gasteiger partial charge in [-0.2, -0.15) is 0 Å². The molecular weight excluding hydrogens is 232 g/mol. The molecule has 0 aliphatic heterocycles. The van der Waals surface area contributed by atoms with Crippen LogP contribution in [0.4, 0.5) is 5.69 Å². The van der Waals surface area contributed by atoms with E-state index in [0.717, 1.165) is 24.8 Å². The van der Waals surface area contributed by atoms with Gasteiger partial charge in [0.2, 0.25) is 0 Å². The SMILES string of the molecule is O=Cc1ccn(CCc2ccc([N+](=O)[O-])cc2)c1. The quantitative estimate of drug-likeness (QED) is 0.461. The number of non-ortho nitro benzene ring substituents is 1. The molecule has 0 bridgehead atoms. The van der Waals surface area contributed by atoms with Crippen molar-refractivity contribution < 1.29 is 9.72 Å². The molecule has 0 radical (unpaired) electrons. The fraction of sp³-hybridized carbons (Fsp3) is 0.154. The smallest absolute Gasteiger partial charge is 0.269 e. The number of hydrogen-bond acceptors (Lipinski definition) is 3. The third-order valence-corrected chi connectivity index (χ3v) is 2.72. The fourth-order valence-corrected chi connectivity index (χ4v) is 1.71. The Bertz CT molecular complexity index is 558. The largest absolute Gasteiger partial charge is 0.353 e. The predicted octanol–water partition coefficient (Wildman–Crippen LogP) is 2.45. The van der Waals surface area contributed by atoms with E-state index in [1.807, 2.05) is 10.8 Å². The summed E-state index contributed by atoms with van der Waals surface area (Å²) in [6.07, 6.45) is 5.20. The number of nitro benzene ring substituents is 1. The number of rotatable bonds is 5. The maximum absolute atomic E-state index is 10.5. The zero-order valence-electron chi connectivity index (χ0n) is 9.65. The predicted molar refractivity (Wildman–Crippen MR) is 66.6 cm³/mol. The first-order valence-corrected chi connectivity index (χ1v) is 5.53. The van der Waals surface area contributed by atoms with E-state index >= 15 is 0 Å². The third-order valence-electron chi connectivity index (χ3n) is 2.72. The van der Waals surface area contributed by atoms with Crippen molar-refractivity contribution in [3.63, 3.8) is 0 Å². The van der Waals surface area contributed by atoms with Crippen LogP contribution in [0.25, 0.3) is 0 Å². The zero-order chi connectivity index (χ0) is 13.0. The first kappa shape index (κ1) is 12.0. The van der Waals surface area contributed by atoms with Gasteiger partial charge < -0.3 is 4.57 Å². The lowest BCUT2D eigenvalue weighted by atomic mass is 10.1. The van der Waals surface area contributed by atoms with Gasteiger partial charge >= 0.3 is 0 Å². The minimum Gasteiger partial charge on any atom is -0.353 e. The number of aryl methyl sites for hydroxylation is 2. The maximum atomic E-state index is 10.5. The number of nitro groups is 1. The summed E-state index contributed by atoms with van der Waals surface area (Å²) in [6.45, 7) is 0.742. The lowest BCUT2D eigenvalue weighted by molar-refractivity contribution is -0.384. The molecule has 1 aromatic carbocycles. The number of benzene rings is 1. The monoisotopic (exact) mass is 244 g/mol. The summed E-state index contributed by atoms with van der Waals surface area (Å²) in [5, 5.41) is 10.5. The first-order chi connectivity index (χ1) is 8.69. The molecule has 1 aromatic heterocycles. The molecule has 92 valence electrons. The van der Waals surface area contributed by atoms with Gasteiger partial charge in [0.1, 0.15) is 0 Å². The Labute approximate surface area is 104 Å². The molecule has 0 amide bonds. The molecular formula is C13H12N2O3. The Morgan fingerprint density at radius 1 is 1.22 bits per heavy atom. The van der Waals surface area contributed by atoms with Gasteiger partial charge in [-0.15, -0.1) is 0 Å². The summed E-state index contributed by atoms with van der Waals surface area (Å²) in [7, 11) is 0. The topological polar surface area (TPSA) is 65.1 Å². The minimum atomic E-state index is -0.411. The highest BCUT2D eigenvalue weighted by Crippen LogP contribution is 2.12. The Hall–Kier alpha value is -2.43. The second-order valence-electron chi connectivity index (χ2n) is 3.97. The van der Waals surface area contributed by atoms with Gasteiger partial charge in [0.15, 0.2) is 6.29 Å². The van der Waals surface area contributed by atoms with Crippen LogP contribution >= 0.6 is 0 Å². The molecule has 0 N–H and O–H groups in total. The van der Waals surface area contributed by atoms with Crippen molar-refractivity contribution in [2.45, 2.75) is 13.0 Å². The zero-order valence-corrected chi connectivity index (χ0v) is 9.65. The van der Waals surface area contributed by atoms with E-state index in [9.17, 15) is 14.9 Å². The van der Waals surface area contributed by atoms with Crippen LogP contribution in [-0.2, 0) is 13.0 Å². The second kappa shape index (κ2) is 5.27. The number of hydrogen-bond donors (Lipinski definition) is 0. The molecule has 2 rings (SSSR count). The minimum absolute atomic E-state index is 0.1000. The van der Waals surface area contributed by atoms with Gasteiger partial charge in [-0.05, 0) is 18.1 Å². The molecule has 5 nitrogen and oxygen atoms in total. The van der Waals surface area contributed by atoms with Crippen LogP contribution in [0.3, 0.4) is 0 Å². The Kier molecular flexibility index (Phi) is 3.52. The van der Waals surface area contributed by atoms with Crippen molar-refractivity contribution in [2.75, 3.05) is 0 Å². The molecule has 0 aliphatic carbocycles. The van der Waals surface area contributed by atoms with Gasteiger partial charge in [-0.25, -0.2) is 0 Å². The van der Waals surface area contributed by atoms with Crippen LogP contribution < -0.4 is 0 Å². The van der Waals surface area contributed by atoms with Gasteiger partial charge in [-0.3, -0.25) is 14.9 Å². The van der Waals surface area contributed by atoms with E-state index in [0.29, 0.717) is 5.56 Å². The first-order valence-electron chi connectivity index (χ1n) is 5.53. The highest BCUT2D eigenvalue weighted by atomic mass is 16.6. The normalized spacial score (nSPS) is 10.2. The van der Waals surface area contributed by atoms with Gasteiger partial charge in [-0.1, -0.05) is 12.1 Å². The molecule has 0 spiro atoms. The summed E-state index contributed by atoms with van der Waals surface area (Å²) >= 11 is 0. The van der Waals surface area contributed by atoms with Crippen LogP contribution in [0, 0.1) is 10.1 Å². The Morgan fingerprint density at radius 2 is 1.94 bits per heavy atom. The van der Waals surface area contributed by atoms with Gasteiger partial charge in [0, 0.05) is 36.6 Å². The molecule has 0 saturated heterocycles. The third kappa shape index (κ3) is 2.82. The molecule has 0 aliphatic rings. The average Bonchev–Trinajstić information content (AvgIpc) is 2.85. The van der Waals surface area contributed by atoms with E-state index in [-0.39, 0.29) is 5.69 Å². The second-order valence-corrected chi connectivity index (χ2v) is 3.97. The lowest BCUT2D eigenvalue weighted by Gasteiger charge is -2.02. The van der Waals surface area contributed by atoms with Crippen molar-refractivity contribution in [2.24, 2.45) is 0 Å². The number of nitrogens with zero attached hydrogens (tertiary/aromatic N) is 2. The maximum Gasteiger partial charge on any atom is 0.269 e. The standard InChI is InChI=1S/C13H12N2O3/c16-10-12-6-8-14(9-12)7-5-11-1-3-13(4-2-11)15(17)18/h1-4,6,8-10H,5,7H2. The average molecular weight is 244 g/mol. The molecule has 1 heterocycles. The van der Waals surface area contributed by atoms with Crippen LogP contribution in [0.5, 0.6) is 0 Å². The van der Waals surface area contributed by atoms with Crippen LogP contribution in [0.2, 0.25) is 0 Å². The number of carbonyl (C=O) groups excluding carboxylic acids is 1. The Morgan fingerprint density at radius 3 is 2.50 bits per heavy atom. The summed E-state index contributed by atoms with van der Waals surface area (Å²) in [4.78, 5) is 20.6.